The van der Waals surface area contributed by atoms with Gasteiger partial charge in [-0.3, -0.25) is 9.78 Å². The summed E-state index contributed by atoms with van der Waals surface area (Å²) in [4.78, 5) is 26.9. The molecule has 0 aromatic carbocycles. The molecule has 8 heteroatoms. The first-order chi connectivity index (χ1) is 12.0. The molecule has 0 spiro atoms. The zero-order valence-electron chi connectivity index (χ0n) is 13.7. The number of pyridine rings is 1. The molecule has 25 heavy (non-hydrogen) atoms. The number of fused-ring (bicyclic) bond motifs is 1. The predicted octanol–water partition coefficient (Wildman–Crippen LogP) is 1.06. The maximum Gasteiger partial charge on any atom is 0.288 e. The summed E-state index contributed by atoms with van der Waals surface area (Å²) in [6.07, 6.45) is 1.59. The molecule has 0 amide bonds. The lowest BCUT2D eigenvalue weighted by atomic mass is 10.0. The van der Waals surface area contributed by atoms with Crippen molar-refractivity contribution in [1.29, 1.82) is 5.26 Å². The Balaban J connectivity index is 1.47. The molecule has 2 unspecified atom stereocenters. The third-order valence-corrected chi connectivity index (χ3v) is 5.00. The van der Waals surface area contributed by atoms with Gasteiger partial charge in [0, 0.05) is 44.2 Å². The highest BCUT2D eigenvalue weighted by molar-refractivity contribution is 5.45. The van der Waals surface area contributed by atoms with Gasteiger partial charge in [-0.05, 0) is 19.1 Å². The van der Waals surface area contributed by atoms with Gasteiger partial charge in [0.25, 0.3) is 5.56 Å². The Labute approximate surface area is 143 Å². The minimum Gasteiger partial charge on any atom is -0.356 e. The molecule has 2 aliphatic rings. The van der Waals surface area contributed by atoms with Gasteiger partial charge in [0.15, 0.2) is 0 Å². The van der Waals surface area contributed by atoms with Crippen LogP contribution in [0.2, 0.25) is 0 Å². The van der Waals surface area contributed by atoms with E-state index in [1.54, 1.807) is 12.3 Å². The maximum atomic E-state index is 13.5. The predicted molar refractivity (Wildman–Crippen MR) is 89.9 cm³/mol. The van der Waals surface area contributed by atoms with E-state index >= 15 is 0 Å². The second-order valence-corrected chi connectivity index (χ2v) is 6.64. The highest BCUT2D eigenvalue weighted by Gasteiger charge is 2.41. The number of halogens is 1. The van der Waals surface area contributed by atoms with Gasteiger partial charge < -0.3 is 9.80 Å². The molecule has 2 fully saturated rings. The lowest BCUT2D eigenvalue weighted by Gasteiger charge is -2.22. The van der Waals surface area contributed by atoms with Crippen LogP contribution in [-0.4, -0.2) is 41.1 Å². The second kappa shape index (κ2) is 5.84. The summed E-state index contributed by atoms with van der Waals surface area (Å²) in [5.74, 6) is 1.38. The third kappa shape index (κ3) is 2.71. The van der Waals surface area contributed by atoms with Crippen LogP contribution in [0.3, 0.4) is 0 Å². The van der Waals surface area contributed by atoms with Crippen LogP contribution in [0.15, 0.2) is 23.1 Å². The lowest BCUT2D eigenvalue weighted by molar-refractivity contribution is 0.533. The van der Waals surface area contributed by atoms with Crippen molar-refractivity contribution in [3.8, 4) is 6.07 Å². The van der Waals surface area contributed by atoms with E-state index in [2.05, 4.69) is 25.9 Å². The van der Waals surface area contributed by atoms with Crippen molar-refractivity contribution in [3.05, 3.63) is 45.8 Å². The van der Waals surface area contributed by atoms with E-state index in [0.29, 0.717) is 23.3 Å². The maximum absolute atomic E-state index is 13.5. The van der Waals surface area contributed by atoms with Gasteiger partial charge in [0.1, 0.15) is 11.9 Å². The average Bonchev–Trinajstić information content (AvgIpc) is 3.18. The van der Waals surface area contributed by atoms with Crippen molar-refractivity contribution in [2.45, 2.75) is 6.92 Å². The van der Waals surface area contributed by atoms with Gasteiger partial charge in [-0.1, -0.05) is 0 Å². The molecule has 4 rings (SSSR count). The first-order valence-corrected chi connectivity index (χ1v) is 8.17. The van der Waals surface area contributed by atoms with Crippen molar-refractivity contribution in [1.82, 2.24) is 15.0 Å². The highest BCUT2D eigenvalue weighted by atomic mass is 19.1. The van der Waals surface area contributed by atoms with Crippen LogP contribution in [0, 0.1) is 35.9 Å². The molecule has 0 aliphatic carbocycles. The first kappa shape index (κ1) is 15.6. The monoisotopic (exact) mass is 340 g/mol. The molecule has 2 saturated heterocycles. The van der Waals surface area contributed by atoms with Crippen LogP contribution < -0.4 is 15.4 Å². The summed E-state index contributed by atoms with van der Waals surface area (Å²) in [5, 5.41) is 8.85. The summed E-state index contributed by atoms with van der Waals surface area (Å²) >= 11 is 0. The molecule has 2 aromatic heterocycles. The summed E-state index contributed by atoms with van der Waals surface area (Å²) < 4.78 is 13.5. The Kier molecular flexibility index (Phi) is 3.64. The molecule has 7 nitrogen and oxygen atoms in total. The summed E-state index contributed by atoms with van der Waals surface area (Å²) in [6.45, 7) is 4.77. The number of aromatic nitrogens is 3. The zero-order valence-corrected chi connectivity index (χ0v) is 13.7. The number of nitrogens with one attached hydrogen (secondary N) is 1. The van der Waals surface area contributed by atoms with Gasteiger partial charge in [-0.2, -0.15) is 9.65 Å². The fourth-order valence-corrected chi connectivity index (χ4v) is 3.70. The minimum atomic E-state index is -0.818. The molecule has 0 bridgehead atoms. The molecule has 128 valence electrons. The number of hydrogen-bond acceptors (Lipinski definition) is 6. The number of H-pyrrole nitrogens is 1. The fraction of sp³-hybridized carbons (Fsp3) is 0.412. The second-order valence-electron chi connectivity index (χ2n) is 6.64. The van der Waals surface area contributed by atoms with Crippen molar-refractivity contribution in [2.75, 3.05) is 36.0 Å². The Morgan fingerprint density at radius 1 is 1.24 bits per heavy atom. The molecule has 2 aromatic rings. The number of aromatic amines is 1. The molecule has 4 heterocycles. The van der Waals surface area contributed by atoms with Gasteiger partial charge in [-0.15, -0.1) is 0 Å². The van der Waals surface area contributed by atoms with E-state index in [0.717, 1.165) is 32.0 Å². The zero-order chi connectivity index (χ0) is 17.6. The fourth-order valence-electron chi connectivity index (χ4n) is 3.70. The van der Waals surface area contributed by atoms with E-state index in [4.69, 9.17) is 5.26 Å². The largest absolute Gasteiger partial charge is 0.356 e. The minimum absolute atomic E-state index is 0.124. The van der Waals surface area contributed by atoms with E-state index in [-0.39, 0.29) is 5.69 Å². The van der Waals surface area contributed by atoms with Gasteiger partial charge in [0.2, 0.25) is 11.8 Å². The van der Waals surface area contributed by atoms with Crippen molar-refractivity contribution in [2.24, 2.45) is 11.8 Å². The van der Waals surface area contributed by atoms with Gasteiger partial charge in [-0.25, -0.2) is 9.97 Å². The van der Waals surface area contributed by atoms with E-state index in [9.17, 15) is 9.18 Å². The van der Waals surface area contributed by atoms with Crippen LogP contribution in [0.1, 0.15) is 11.3 Å². The third-order valence-electron chi connectivity index (χ3n) is 5.00. The number of aryl methyl sites for hydroxylation is 1. The van der Waals surface area contributed by atoms with Crippen LogP contribution >= 0.6 is 0 Å². The van der Waals surface area contributed by atoms with Gasteiger partial charge in [0.05, 0.1) is 11.3 Å². The molecule has 0 saturated carbocycles. The Morgan fingerprint density at radius 2 is 1.92 bits per heavy atom. The molecule has 2 atom stereocenters. The normalized spacial score (nSPS) is 22.1. The van der Waals surface area contributed by atoms with E-state index < -0.39 is 11.4 Å². The van der Waals surface area contributed by atoms with Crippen LogP contribution in [0.5, 0.6) is 0 Å². The van der Waals surface area contributed by atoms with E-state index in [1.165, 1.54) is 6.92 Å². The summed E-state index contributed by atoms with van der Waals surface area (Å²) in [7, 11) is 0. The molecule has 2 aliphatic heterocycles. The number of nitriles is 1. The standard InChI is InChI=1S/C17H17FN6O/c1-10-15(18)16(25)22-17(21-10)24-8-12-6-23(7-13(12)9-24)14-3-2-11(4-19)5-20-14/h2-3,5,12-13H,6-9H2,1H3,(H,21,22,25). The topological polar surface area (TPSA) is 88.9 Å². The first-order valence-electron chi connectivity index (χ1n) is 8.17. The molecular formula is C17H17FN6O. The average molecular weight is 340 g/mol. The Bertz CT molecular complexity index is 889. The summed E-state index contributed by atoms with van der Waals surface area (Å²) in [5.41, 5.74) is -0.0433. The Morgan fingerprint density at radius 3 is 2.48 bits per heavy atom. The van der Waals surface area contributed by atoms with Crippen LogP contribution in [0.25, 0.3) is 0 Å². The van der Waals surface area contributed by atoms with E-state index in [1.807, 2.05) is 11.0 Å². The van der Waals surface area contributed by atoms with Gasteiger partial charge >= 0.3 is 0 Å². The van der Waals surface area contributed by atoms with Crippen LogP contribution in [-0.2, 0) is 0 Å². The van der Waals surface area contributed by atoms with Crippen LogP contribution in [0.4, 0.5) is 16.2 Å². The molecular weight excluding hydrogens is 323 g/mol. The number of nitrogens with zero attached hydrogens (tertiary/aromatic N) is 5. The Hall–Kier alpha value is -2.95. The van der Waals surface area contributed by atoms with Crippen molar-refractivity contribution in [3.63, 3.8) is 0 Å². The van der Waals surface area contributed by atoms with Crippen molar-refractivity contribution >= 4 is 11.8 Å². The quantitative estimate of drug-likeness (QED) is 0.879. The SMILES string of the molecule is Cc1nc(N2CC3CN(c4ccc(C#N)cn4)CC3C2)[nH]c(=O)c1F. The number of rotatable bonds is 2. The van der Waals surface area contributed by atoms with Crippen molar-refractivity contribution < 1.29 is 4.39 Å². The smallest absolute Gasteiger partial charge is 0.288 e. The molecule has 1 N–H and O–H groups in total. The molecule has 0 radical (unpaired) electrons. The lowest BCUT2D eigenvalue weighted by Crippen LogP contribution is -2.31. The number of anilines is 2. The number of hydrogen-bond donors (Lipinski definition) is 1. The highest BCUT2D eigenvalue weighted by Crippen LogP contribution is 2.34. The summed E-state index contributed by atoms with van der Waals surface area (Å²) in [6, 6.07) is 5.72.